The number of nitrogens with one attached hydrogen (secondary N) is 1. The Balaban J connectivity index is 1.69. The number of fused-ring (bicyclic) bond motifs is 1. The van der Waals surface area contributed by atoms with Gasteiger partial charge >= 0.3 is 0 Å². The van der Waals surface area contributed by atoms with E-state index in [0.717, 1.165) is 55.6 Å². The molecule has 1 fully saturated rings. The smallest absolute Gasteiger partial charge is 0.227 e. The summed E-state index contributed by atoms with van der Waals surface area (Å²) in [6, 6.07) is 5.93. The quantitative estimate of drug-likeness (QED) is 0.878. The highest BCUT2D eigenvalue weighted by molar-refractivity contribution is 5.96. The fraction of sp³-hybridized carbons (Fsp3) is 0.529. The molecule has 22 heavy (non-hydrogen) atoms. The molecular formula is C17H23N3O2. The maximum atomic E-state index is 12.4. The average molecular weight is 301 g/mol. The highest BCUT2D eigenvalue weighted by Gasteiger charge is 2.26. The summed E-state index contributed by atoms with van der Waals surface area (Å²) in [6.07, 6.45) is 4.57. The van der Waals surface area contributed by atoms with Gasteiger partial charge in [0.2, 0.25) is 11.8 Å². The third kappa shape index (κ3) is 2.99. The highest BCUT2D eigenvalue weighted by atomic mass is 16.2. The van der Waals surface area contributed by atoms with E-state index in [9.17, 15) is 9.59 Å². The Morgan fingerprint density at radius 2 is 2.14 bits per heavy atom. The molecule has 2 atom stereocenters. The van der Waals surface area contributed by atoms with E-state index in [-0.39, 0.29) is 23.8 Å². The molecule has 0 radical (unpaired) electrons. The normalized spacial score (nSPS) is 24.0. The first-order chi connectivity index (χ1) is 10.5. The number of carbonyl (C=O) groups is 2. The summed E-state index contributed by atoms with van der Waals surface area (Å²) in [6.45, 7) is 2.30. The van der Waals surface area contributed by atoms with Crippen molar-refractivity contribution >= 4 is 23.2 Å². The molecule has 1 aromatic rings. The fourth-order valence-electron chi connectivity index (χ4n) is 3.52. The lowest BCUT2D eigenvalue weighted by atomic mass is 9.85. The van der Waals surface area contributed by atoms with Gasteiger partial charge in [0, 0.05) is 36.8 Å². The van der Waals surface area contributed by atoms with E-state index in [2.05, 4.69) is 5.32 Å². The van der Waals surface area contributed by atoms with Gasteiger partial charge in [-0.3, -0.25) is 9.59 Å². The molecule has 2 amide bonds. The number of carbonyl (C=O) groups excluding carboxylic acids is 2. The van der Waals surface area contributed by atoms with Gasteiger partial charge in [0.25, 0.3) is 0 Å². The number of anilines is 2. The van der Waals surface area contributed by atoms with E-state index in [4.69, 9.17) is 5.73 Å². The van der Waals surface area contributed by atoms with Crippen molar-refractivity contribution in [1.82, 2.24) is 0 Å². The molecular weight excluding hydrogens is 278 g/mol. The topological polar surface area (TPSA) is 75.4 Å². The van der Waals surface area contributed by atoms with Crippen LogP contribution in [0, 0.1) is 5.92 Å². The van der Waals surface area contributed by atoms with E-state index >= 15 is 0 Å². The monoisotopic (exact) mass is 301 g/mol. The number of rotatable bonds is 2. The van der Waals surface area contributed by atoms with Crippen LogP contribution in [0.5, 0.6) is 0 Å². The Kier molecular flexibility index (Phi) is 4.16. The molecule has 0 aromatic heterocycles. The van der Waals surface area contributed by atoms with Crippen molar-refractivity contribution in [3.05, 3.63) is 23.8 Å². The maximum Gasteiger partial charge on any atom is 0.227 e. The lowest BCUT2D eigenvalue weighted by molar-refractivity contribution is -0.121. The first kappa shape index (κ1) is 15.0. The van der Waals surface area contributed by atoms with E-state index in [1.165, 1.54) is 0 Å². The van der Waals surface area contributed by atoms with E-state index in [1.807, 2.05) is 18.2 Å². The Morgan fingerprint density at radius 1 is 1.32 bits per heavy atom. The second-order valence-electron chi connectivity index (χ2n) is 6.38. The maximum absolute atomic E-state index is 12.4. The van der Waals surface area contributed by atoms with Gasteiger partial charge in [-0.05, 0) is 49.4 Å². The number of amides is 2. The van der Waals surface area contributed by atoms with Crippen molar-refractivity contribution < 1.29 is 9.59 Å². The third-order valence-corrected chi connectivity index (χ3v) is 4.71. The molecule has 1 aliphatic heterocycles. The molecule has 0 spiro atoms. The summed E-state index contributed by atoms with van der Waals surface area (Å²) in [5.74, 6) is 0.147. The average Bonchev–Trinajstić information content (AvgIpc) is 2.90. The van der Waals surface area contributed by atoms with Crippen molar-refractivity contribution in [1.29, 1.82) is 0 Å². The van der Waals surface area contributed by atoms with Crippen LogP contribution in [0.3, 0.4) is 0 Å². The minimum Gasteiger partial charge on any atom is -0.328 e. The van der Waals surface area contributed by atoms with Gasteiger partial charge in [0.15, 0.2) is 0 Å². The molecule has 3 rings (SSSR count). The number of benzene rings is 1. The summed E-state index contributed by atoms with van der Waals surface area (Å²) in [4.78, 5) is 25.7. The van der Waals surface area contributed by atoms with E-state index in [1.54, 1.807) is 11.8 Å². The van der Waals surface area contributed by atoms with Gasteiger partial charge in [-0.15, -0.1) is 0 Å². The number of nitrogens with two attached hydrogens (primary N) is 1. The third-order valence-electron chi connectivity index (χ3n) is 4.71. The van der Waals surface area contributed by atoms with Crippen LogP contribution in [-0.2, 0) is 16.0 Å². The van der Waals surface area contributed by atoms with Crippen LogP contribution < -0.4 is 16.0 Å². The molecule has 2 aliphatic rings. The van der Waals surface area contributed by atoms with Crippen LogP contribution in [0.4, 0.5) is 11.4 Å². The predicted molar refractivity (Wildman–Crippen MR) is 86.7 cm³/mol. The Bertz CT molecular complexity index is 600. The number of hydrogen-bond donors (Lipinski definition) is 2. The summed E-state index contributed by atoms with van der Waals surface area (Å²) in [5.41, 5.74) is 8.85. The van der Waals surface area contributed by atoms with E-state index < -0.39 is 0 Å². The molecule has 118 valence electrons. The predicted octanol–water partition coefficient (Wildman–Crippen LogP) is 2.05. The van der Waals surface area contributed by atoms with Crippen molar-refractivity contribution in [3.8, 4) is 0 Å². The summed E-state index contributed by atoms with van der Waals surface area (Å²) >= 11 is 0. The van der Waals surface area contributed by atoms with Crippen LogP contribution in [0.25, 0.3) is 0 Å². The van der Waals surface area contributed by atoms with Crippen molar-refractivity contribution in [2.45, 2.75) is 45.1 Å². The molecule has 1 heterocycles. The molecule has 0 bridgehead atoms. The lowest BCUT2D eigenvalue weighted by Crippen LogP contribution is -2.34. The minimum atomic E-state index is 0.0192. The summed E-state index contributed by atoms with van der Waals surface area (Å²) < 4.78 is 0. The largest absolute Gasteiger partial charge is 0.328 e. The zero-order chi connectivity index (χ0) is 15.7. The molecule has 1 aliphatic carbocycles. The van der Waals surface area contributed by atoms with Crippen molar-refractivity contribution in [2.75, 3.05) is 16.8 Å². The van der Waals surface area contributed by atoms with Crippen LogP contribution >= 0.6 is 0 Å². The zero-order valence-electron chi connectivity index (χ0n) is 13.0. The van der Waals surface area contributed by atoms with Crippen LogP contribution in [0.2, 0.25) is 0 Å². The second-order valence-corrected chi connectivity index (χ2v) is 6.38. The van der Waals surface area contributed by atoms with Gasteiger partial charge < -0.3 is 16.0 Å². The number of hydrogen-bond acceptors (Lipinski definition) is 3. The first-order valence-electron chi connectivity index (χ1n) is 8.02. The Hall–Kier alpha value is -1.88. The van der Waals surface area contributed by atoms with Gasteiger partial charge in [-0.1, -0.05) is 6.42 Å². The summed E-state index contributed by atoms with van der Waals surface area (Å²) in [5, 5.41) is 3.01. The standard InChI is InChI=1S/C17H23N3O2/c1-11(21)20-8-7-12-10-15(5-6-16(12)20)19-17(22)13-3-2-4-14(18)9-13/h5-6,10,13-14H,2-4,7-9,18H2,1H3,(H,19,22). The van der Waals surface area contributed by atoms with E-state index in [0.29, 0.717) is 0 Å². The number of nitrogens with zero attached hydrogens (tertiary/aromatic N) is 1. The molecule has 5 heteroatoms. The van der Waals surface area contributed by atoms with Crippen molar-refractivity contribution in [2.24, 2.45) is 11.7 Å². The van der Waals surface area contributed by atoms with Crippen LogP contribution in [-0.4, -0.2) is 24.4 Å². The van der Waals surface area contributed by atoms with Gasteiger partial charge in [0.1, 0.15) is 0 Å². The minimum absolute atomic E-state index is 0.0192. The Morgan fingerprint density at radius 3 is 2.86 bits per heavy atom. The molecule has 5 nitrogen and oxygen atoms in total. The Labute approximate surface area is 130 Å². The molecule has 2 unspecified atom stereocenters. The summed E-state index contributed by atoms with van der Waals surface area (Å²) in [7, 11) is 0. The zero-order valence-corrected chi connectivity index (χ0v) is 13.0. The SMILES string of the molecule is CC(=O)N1CCc2cc(NC(=O)C3CCCC(N)C3)ccc21. The molecule has 3 N–H and O–H groups in total. The molecule has 1 aromatic carbocycles. The van der Waals surface area contributed by atoms with Gasteiger partial charge in [-0.2, -0.15) is 0 Å². The molecule has 1 saturated carbocycles. The van der Waals surface area contributed by atoms with Gasteiger partial charge in [0.05, 0.1) is 0 Å². The first-order valence-corrected chi connectivity index (χ1v) is 8.02. The van der Waals surface area contributed by atoms with Crippen molar-refractivity contribution in [3.63, 3.8) is 0 Å². The van der Waals surface area contributed by atoms with Crippen LogP contribution in [0.15, 0.2) is 18.2 Å². The fourth-order valence-corrected chi connectivity index (χ4v) is 3.52. The second kappa shape index (κ2) is 6.08. The lowest BCUT2D eigenvalue weighted by Gasteiger charge is -2.25. The highest BCUT2D eigenvalue weighted by Crippen LogP contribution is 2.31. The van der Waals surface area contributed by atoms with Crippen LogP contribution in [0.1, 0.15) is 38.2 Å². The van der Waals surface area contributed by atoms with Gasteiger partial charge in [-0.25, -0.2) is 0 Å². The molecule has 0 saturated heterocycles.